The van der Waals surface area contributed by atoms with E-state index in [0.29, 0.717) is 30.2 Å². The largest absolute Gasteiger partial charge is 0.497 e. The summed E-state index contributed by atoms with van der Waals surface area (Å²) in [6, 6.07) is 12.1. The standard InChI is InChI=1S/C19H20N2O5/c1-24-13-9-12(10-14(11-13)25-2)20-18(22)19(23)21-16-7-8-26-17-6-4-3-5-15(16)17/h3-6,9-11,16H,7-8H2,1-2H3,(H,20,22)(H,21,23)/t16-/m0/s1. The van der Waals surface area contributed by atoms with Gasteiger partial charge in [-0.3, -0.25) is 9.59 Å². The Labute approximate surface area is 151 Å². The number of rotatable bonds is 4. The molecule has 136 valence electrons. The molecule has 0 unspecified atom stereocenters. The molecule has 0 spiro atoms. The molecule has 0 radical (unpaired) electrons. The summed E-state index contributed by atoms with van der Waals surface area (Å²) in [7, 11) is 3.02. The van der Waals surface area contributed by atoms with Gasteiger partial charge in [0.25, 0.3) is 0 Å². The Hall–Kier alpha value is -3.22. The first-order valence-corrected chi connectivity index (χ1v) is 8.17. The van der Waals surface area contributed by atoms with Crippen LogP contribution in [-0.4, -0.2) is 32.6 Å². The molecule has 1 aliphatic heterocycles. The van der Waals surface area contributed by atoms with Crippen LogP contribution in [0.5, 0.6) is 17.2 Å². The Balaban J connectivity index is 1.69. The number of hydrogen-bond acceptors (Lipinski definition) is 5. The summed E-state index contributed by atoms with van der Waals surface area (Å²) in [5.74, 6) is 0.275. The number of fused-ring (bicyclic) bond motifs is 1. The van der Waals surface area contributed by atoms with E-state index in [2.05, 4.69) is 10.6 Å². The van der Waals surface area contributed by atoms with Crippen LogP contribution < -0.4 is 24.8 Å². The highest BCUT2D eigenvalue weighted by Crippen LogP contribution is 2.31. The van der Waals surface area contributed by atoms with Gasteiger partial charge in [0.1, 0.15) is 17.2 Å². The normalized spacial score (nSPS) is 15.2. The molecular weight excluding hydrogens is 336 g/mol. The minimum atomic E-state index is -0.760. The van der Waals surface area contributed by atoms with E-state index in [1.54, 1.807) is 18.2 Å². The van der Waals surface area contributed by atoms with E-state index in [-0.39, 0.29) is 6.04 Å². The Kier molecular flexibility index (Phi) is 5.26. The Bertz CT molecular complexity index is 799. The van der Waals surface area contributed by atoms with Gasteiger partial charge in [-0.2, -0.15) is 0 Å². The summed E-state index contributed by atoms with van der Waals surface area (Å²) in [6.45, 7) is 0.483. The molecule has 7 heteroatoms. The van der Waals surface area contributed by atoms with Crippen molar-refractivity contribution in [3.05, 3.63) is 48.0 Å². The van der Waals surface area contributed by atoms with Gasteiger partial charge in [0.05, 0.1) is 26.9 Å². The summed E-state index contributed by atoms with van der Waals surface area (Å²) >= 11 is 0. The molecule has 0 aliphatic carbocycles. The van der Waals surface area contributed by atoms with Crippen molar-refractivity contribution in [3.8, 4) is 17.2 Å². The molecular formula is C19H20N2O5. The predicted molar refractivity (Wildman–Crippen MR) is 95.6 cm³/mol. The molecule has 2 aromatic carbocycles. The monoisotopic (exact) mass is 356 g/mol. The van der Waals surface area contributed by atoms with Crippen molar-refractivity contribution in [2.45, 2.75) is 12.5 Å². The van der Waals surface area contributed by atoms with E-state index in [9.17, 15) is 9.59 Å². The van der Waals surface area contributed by atoms with Gasteiger partial charge in [0, 0.05) is 35.9 Å². The average molecular weight is 356 g/mol. The van der Waals surface area contributed by atoms with Crippen LogP contribution in [0.1, 0.15) is 18.0 Å². The van der Waals surface area contributed by atoms with Gasteiger partial charge in [-0.25, -0.2) is 0 Å². The fourth-order valence-electron chi connectivity index (χ4n) is 2.78. The van der Waals surface area contributed by atoms with Gasteiger partial charge in [-0.1, -0.05) is 18.2 Å². The van der Waals surface area contributed by atoms with Crippen molar-refractivity contribution >= 4 is 17.5 Å². The maximum atomic E-state index is 12.3. The van der Waals surface area contributed by atoms with Gasteiger partial charge >= 0.3 is 11.8 Å². The van der Waals surface area contributed by atoms with E-state index < -0.39 is 11.8 Å². The highest BCUT2D eigenvalue weighted by atomic mass is 16.5. The van der Waals surface area contributed by atoms with Crippen LogP contribution in [-0.2, 0) is 9.59 Å². The van der Waals surface area contributed by atoms with Crippen molar-refractivity contribution in [3.63, 3.8) is 0 Å². The molecule has 0 saturated heterocycles. The number of carbonyl (C=O) groups excluding carboxylic acids is 2. The zero-order valence-corrected chi connectivity index (χ0v) is 14.6. The van der Waals surface area contributed by atoms with E-state index in [0.717, 1.165) is 11.3 Å². The van der Waals surface area contributed by atoms with Crippen LogP contribution in [0.25, 0.3) is 0 Å². The zero-order valence-electron chi connectivity index (χ0n) is 14.6. The molecule has 2 N–H and O–H groups in total. The maximum absolute atomic E-state index is 12.3. The van der Waals surface area contributed by atoms with Crippen LogP contribution in [0.15, 0.2) is 42.5 Å². The van der Waals surface area contributed by atoms with Crippen molar-refractivity contribution in [2.75, 3.05) is 26.1 Å². The van der Waals surface area contributed by atoms with Gasteiger partial charge in [-0.15, -0.1) is 0 Å². The summed E-state index contributed by atoms with van der Waals surface area (Å²) in [4.78, 5) is 24.6. The number of benzene rings is 2. The van der Waals surface area contributed by atoms with Crippen LogP contribution in [0.3, 0.4) is 0 Å². The number of methoxy groups -OCH3 is 2. The van der Waals surface area contributed by atoms with Crippen LogP contribution in [0.4, 0.5) is 5.69 Å². The summed E-state index contributed by atoms with van der Waals surface area (Å²) in [5.41, 5.74) is 1.27. The van der Waals surface area contributed by atoms with E-state index >= 15 is 0 Å². The Morgan fingerprint density at radius 3 is 2.42 bits per heavy atom. The van der Waals surface area contributed by atoms with Crippen molar-refractivity contribution in [1.82, 2.24) is 5.32 Å². The number of ether oxygens (including phenoxy) is 3. The highest BCUT2D eigenvalue weighted by Gasteiger charge is 2.25. The number of anilines is 1. The molecule has 0 saturated carbocycles. The van der Waals surface area contributed by atoms with Crippen LogP contribution in [0.2, 0.25) is 0 Å². The van der Waals surface area contributed by atoms with Crippen molar-refractivity contribution in [1.29, 1.82) is 0 Å². The van der Waals surface area contributed by atoms with Gasteiger partial charge in [0.15, 0.2) is 0 Å². The first-order chi connectivity index (χ1) is 12.6. The molecule has 1 atom stereocenters. The summed E-state index contributed by atoms with van der Waals surface area (Å²) in [6.07, 6.45) is 0.600. The first kappa shape index (κ1) is 17.6. The number of amides is 2. The lowest BCUT2D eigenvalue weighted by Crippen LogP contribution is -2.39. The second-order valence-corrected chi connectivity index (χ2v) is 5.76. The minimum absolute atomic E-state index is 0.266. The number of hydrogen-bond donors (Lipinski definition) is 2. The molecule has 1 aliphatic rings. The lowest BCUT2D eigenvalue weighted by atomic mass is 10.0. The smallest absolute Gasteiger partial charge is 0.313 e. The van der Waals surface area contributed by atoms with E-state index in [4.69, 9.17) is 14.2 Å². The number of carbonyl (C=O) groups is 2. The molecule has 0 bridgehead atoms. The second kappa shape index (κ2) is 7.77. The topological polar surface area (TPSA) is 85.9 Å². The van der Waals surface area contributed by atoms with Gasteiger partial charge < -0.3 is 24.8 Å². The lowest BCUT2D eigenvalue weighted by molar-refractivity contribution is -0.136. The fourth-order valence-corrected chi connectivity index (χ4v) is 2.78. The molecule has 3 rings (SSSR count). The van der Waals surface area contributed by atoms with Crippen molar-refractivity contribution < 1.29 is 23.8 Å². The van der Waals surface area contributed by atoms with E-state index in [1.165, 1.54) is 14.2 Å². The fraction of sp³-hybridized carbons (Fsp3) is 0.263. The zero-order chi connectivity index (χ0) is 18.5. The van der Waals surface area contributed by atoms with Gasteiger partial charge in [0.2, 0.25) is 0 Å². The molecule has 1 heterocycles. The second-order valence-electron chi connectivity index (χ2n) is 5.76. The molecule has 2 amide bonds. The molecule has 7 nitrogen and oxygen atoms in total. The third kappa shape index (κ3) is 3.88. The molecule has 0 aromatic heterocycles. The average Bonchev–Trinajstić information content (AvgIpc) is 2.67. The summed E-state index contributed by atoms with van der Waals surface area (Å²) < 4.78 is 15.9. The van der Waals surface area contributed by atoms with Crippen LogP contribution in [0, 0.1) is 0 Å². The Morgan fingerprint density at radius 2 is 1.73 bits per heavy atom. The highest BCUT2D eigenvalue weighted by molar-refractivity contribution is 6.39. The maximum Gasteiger partial charge on any atom is 0.313 e. The molecule has 0 fully saturated rings. The van der Waals surface area contributed by atoms with Crippen LogP contribution >= 0.6 is 0 Å². The van der Waals surface area contributed by atoms with Gasteiger partial charge in [-0.05, 0) is 6.07 Å². The lowest BCUT2D eigenvalue weighted by Gasteiger charge is -2.26. The number of nitrogens with one attached hydrogen (secondary N) is 2. The number of para-hydroxylation sites is 1. The third-order valence-corrected chi connectivity index (χ3v) is 4.08. The third-order valence-electron chi connectivity index (χ3n) is 4.08. The quantitative estimate of drug-likeness (QED) is 0.821. The van der Waals surface area contributed by atoms with Crippen molar-refractivity contribution in [2.24, 2.45) is 0 Å². The summed E-state index contributed by atoms with van der Waals surface area (Å²) in [5, 5.41) is 5.32. The predicted octanol–water partition coefficient (Wildman–Crippen LogP) is 2.28. The molecule has 2 aromatic rings. The SMILES string of the molecule is COc1cc(NC(=O)C(=O)N[C@H]2CCOc3ccccc32)cc(OC)c1. The minimum Gasteiger partial charge on any atom is -0.497 e. The van der Waals surface area contributed by atoms with E-state index in [1.807, 2.05) is 24.3 Å². The Morgan fingerprint density at radius 1 is 1.04 bits per heavy atom. The molecule has 26 heavy (non-hydrogen) atoms. The first-order valence-electron chi connectivity index (χ1n) is 8.17.